The number of halogens is 1. The number of nitrogen functional groups attached to an aromatic ring is 1. The predicted molar refractivity (Wildman–Crippen MR) is 112 cm³/mol. The minimum Gasteiger partial charge on any atom is -0.457 e. The lowest BCUT2D eigenvalue weighted by Crippen LogP contribution is -1.98. The molecule has 0 aliphatic heterocycles. The zero-order valence-electron chi connectivity index (χ0n) is 15.8. The van der Waals surface area contributed by atoms with Crippen LogP contribution in [0.2, 0.25) is 0 Å². The molecule has 0 aliphatic rings. The van der Waals surface area contributed by atoms with Crippen LogP contribution in [0.5, 0.6) is 11.5 Å². The van der Waals surface area contributed by atoms with E-state index < -0.39 is 6.67 Å². The van der Waals surface area contributed by atoms with E-state index in [9.17, 15) is 4.39 Å². The van der Waals surface area contributed by atoms with Gasteiger partial charge in [-0.25, -0.2) is 9.37 Å². The Balaban J connectivity index is 0.000000706. The molecule has 1 aromatic carbocycles. The van der Waals surface area contributed by atoms with Crippen LogP contribution in [0.15, 0.2) is 48.9 Å². The highest BCUT2D eigenvalue weighted by atomic mass is 32.1. The summed E-state index contributed by atoms with van der Waals surface area (Å²) in [4.78, 5) is 8.55. The fraction of sp³-hybridized carbons (Fsp3) is 0.250. The first-order valence-electron chi connectivity index (χ1n) is 9.01. The Morgan fingerprint density at radius 1 is 1.18 bits per heavy atom. The lowest BCUT2D eigenvalue weighted by atomic mass is 10.2. The number of pyridine rings is 1. The molecule has 0 atom stereocenters. The molecule has 2 N–H and O–H groups in total. The molecule has 28 heavy (non-hydrogen) atoms. The van der Waals surface area contributed by atoms with Gasteiger partial charge in [0, 0.05) is 30.1 Å². The molecule has 3 aromatic heterocycles. The third kappa shape index (κ3) is 4.83. The molecule has 0 bridgehead atoms. The monoisotopic (exact) mass is 399 g/mol. The number of hydrogen-bond donors (Lipinski definition) is 1. The van der Waals surface area contributed by atoms with Gasteiger partial charge in [0.05, 0.1) is 28.7 Å². The number of nitrogens with zero attached hydrogens (tertiary/aromatic N) is 4. The molecule has 0 saturated carbocycles. The van der Waals surface area contributed by atoms with Crippen LogP contribution in [0.25, 0.3) is 21.5 Å². The summed E-state index contributed by atoms with van der Waals surface area (Å²) in [7, 11) is 0. The van der Waals surface area contributed by atoms with E-state index in [0.717, 1.165) is 15.8 Å². The number of hydrogen-bond acceptors (Lipinski definition) is 6. The molecule has 0 spiro atoms. The number of alkyl halides is 1. The van der Waals surface area contributed by atoms with Gasteiger partial charge in [0.2, 0.25) is 0 Å². The Bertz CT molecular complexity index is 1050. The Morgan fingerprint density at radius 3 is 2.75 bits per heavy atom. The van der Waals surface area contributed by atoms with Crippen molar-refractivity contribution in [2.24, 2.45) is 0 Å². The van der Waals surface area contributed by atoms with Crippen LogP contribution in [0.1, 0.15) is 20.3 Å². The van der Waals surface area contributed by atoms with Gasteiger partial charge in [0.1, 0.15) is 18.2 Å². The third-order valence-electron chi connectivity index (χ3n) is 3.59. The molecule has 0 amide bonds. The summed E-state index contributed by atoms with van der Waals surface area (Å²) in [5, 5.41) is 4.64. The lowest BCUT2D eigenvalue weighted by Gasteiger charge is -2.06. The van der Waals surface area contributed by atoms with Gasteiger partial charge < -0.3 is 10.5 Å². The van der Waals surface area contributed by atoms with Crippen molar-refractivity contribution in [2.75, 3.05) is 12.4 Å². The Morgan fingerprint density at radius 2 is 1.96 bits per heavy atom. The van der Waals surface area contributed by atoms with Crippen molar-refractivity contribution in [3.63, 3.8) is 0 Å². The maximum absolute atomic E-state index is 12.4. The second-order valence-corrected chi connectivity index (χ2v) is 7.11. The van der Waals surface area contributed by atoms with Crippen molar-refractivity contribution in [1.82, 2.24) is 19.7 Å². The standard InChI is InChI=1S/C17H14FN5OS.C3H8/c18-4-6-23-10-11(9-21-23)15-7-13(3-5-20-15)24-12-1-2-14-16(8-12)25-17(19)22-14;1-3-2/h1-3,5,7-10H,4,6H2,(H2,19,22);3H2,1-2H3. The fourth-order valence-electron chi connectivity index (χ4n) is 2.46. The first-order chi connectivity index (χ1) is 13.6. The highest BCUT2D eigenvalue weighted by Crippen LogP contribution is 2.31. The van der Waals surface area contributed by atoms with Crippen molar-refractivity contribution < 1.29 is 9.13 Å². The number of nitrogens with two attached hydrogens (primary N) is 1. The molecule has 6 nitrogen and oxygen atoms in total. The quantitative estimate of drug-likeness (QED) is 0.492. The minimum atomic E-state index is -0.456. The number of aryl methyl sites for hydroxylation is 1. The Kier molecular flexibility index (Phi) is 6.54. The molecule has 0 radical (unpaired) electrons. The smallest absolute Gasteiger partial charge is 0.181 e. The van der Waals surface area contributed by atoms with Crippen LogP contribution in [0.4, 0.5) is 9.52 Å². The van der Waals surface area contributed by atoms with Gasteiger partial charge in [-0.1, -0.05) is 31.6 Å². The summed E-state index contributed by atoms with van der Waals surface area (Å²) in [6, 6.07) is 9.23. The van der Waals surface area contributed by atoms with E-state index in [1.54, 1.807) is 29.3 Å². The molecular weight excluding hydrogens is 377 g/mol. The molecule has 0 unspecified atom stereocenters. The maximum atomic E-state index is 12.4. The maximum Gasteiger partial charge on any atom is 0.181 e. The molecule has 0 saturated heterocycles. The fourth-order valence-corrected chi connectivity index (χ4v) is 3.22. The number of rotatable bonds is 5. The van der Waals surface area contributed by atoms with E-state index in [1.807, 2.05) is 24.3 Å². The minimum absolute atomic E-state index is 0.230. The number of ether oxygens (including phenoxy) is 1. The zero-order valence-corrected chi connectivity index (χ0v) is 16.6. The summed E-state index contributed by atoms with van der Waals surface area (Å²) in [6.45, 7) is 4.02. The first kappa shape index (κ1) is 19.8. The summed E-state index contributed by atoms with van der Waals surface area (Å²) in [5.74, 6) is 1.35. The average Bonchev–Trinajstić information content (AvgIpc) is 3.28. The summed E-state index contributed by atoms with van der Waals surface area (Å²) < 4.78 is 20.8. The summed E-state index contributed by atoms with van der Waals surface area (Å²) in [5.41, 5.74) is 8.10. The first-order valence-corrected chi connectivity index (χ1v) is 9.83. The SMILES string of the molecule is CCC.Nc1nc2ccc(Oc3ccnc(-c4cnn(CCF)c4)c3)cc2s1. The summed E-state index contributed by atoms with van der Waals surface area (Å²) in [6.07, 6.45) is 6.34. The lowest BCUT2D eigenvalue weighted by molar-refractivity contribution is 0.427. The Hall–Kier alpha value is -3.00. The number of aromatic nitrogens is 4. The highest BCUT2D eigenvalue weighted by molar-refractivity contribution is 7.22. The molecule has 4 aromatic rings. The zero-order chi connectivity index (χ0) is 19.9. The van der Waals surface area contributed by atoms with E-state index in [2.05, 4.69) is 28.9 Å². The van der Waals surface area contributed by atoms with Crippen LogP contribution < -0.4 is 10.5 Å². The number of fused-ring (bicyclic) bond motifs is 1. The van der Waals surface area contributed by atoms with Gasteiger partial charge in [0.25, 0.3) is 0 Å². The van der Waals surface area contributed by atoms with Crippen molar-refractivity contribution >= 4 is 26.7 Å². The van der Waals surface area contributed by atoms with E-state index in [0.29, 0.717) is 22.3 Å². The van der Waals surface area contributed by atoms with Gasteiger partial charge in [-0.2, -0.15) is 5.10 Å². The van der Waals surface area contributed by atoms with Crippen LogP contribution in [0, 0.1) is 0 Å². The highest BCUT2D eigenvalue weighted by Gasteiger charge is 2.07. The van der Waals surface area contributed by atoms with Gasteiger partial charge >= 0.3 is 0 Å². The van der Waals surface area contributed by atoms with Crippen molar-refractivity contribution in [2.45, 2.75) is 26.8 Å². The second-order valence-electron chi connectivity index (χ2n) is 6.05. The van der Waals surface area contributed by atoms with Gasteiger partial charge in [-0.3, -0.25) is 9.67 Å². The van der Waals surface area contributed by atoms with E-state index in [4.69, 9.17) is 10.5 Å². The number of benzene rings is 1. The van der Waals surface area contributed by atoms with Crippen molar-refractivity contribution in [1.29, 1.82) is 0 Å². The molecule has 3 heterocycles. The molecule has 8 heteroatoms. The third-order valence-corrected chi connectivity index (χ3v) is 4.43. The van der Waals surface area contributed by atoms with Crippen LogP contribution in [-0.2, 0) is 6.54 Å². The molecule has 0 aliphatic carbocycles. The van der Waals surface area contributed by atoms with E-state index in [1.165, 1.54) is 17.8 Å². The van der Waals surface area contributed by atoms with Crippen molar-refractivity contribution in [3.05, 3.63) is 48.9 Å². The average molecular weight is 399 g/mol. The van der Waals surface area contributed by atoms with Crippen LogP contribution in [-0.4, -0.2) is 26.4 Å². The van der Waals surface area contributed by atoms with E-state index >= 15 is 0 Å². The second kappa shape index (κ2) is 9.27. The topological polar surface area (TPSA) is 78.8 Å². The van der Waals surface area contributed by atoms with Gasteiger partial charge in [0.15, 0.2) is 5.13 Å². The van der Waals surface area contributed by atoms with Crippen LogP contribution >= 0.6 is 11.3 Å². The molecule has 4 rings (SSSR count). The van der Waals surface area contributed by atoms with E-state index in [-0.39, 0.29) is 6.54 Å². The van der Waals surface area contributed by atoms with Gasteiger partial charge in [-0.05, 0) is 18.2 Å². The number of anilines is 1. The van der Waals surface area contributed by atoms with Crippen molar-refractivity contribution in [3.8, 4) is 22.8 Å². The largest absolute Gasteiger partial charge is 0.457 e. The van der Waals surface area contributed by atoms with Gasteiger partial charge in [-0.15, -0.1) is 0 Å². The summed E-state index contributed by atoms with van der Waals surface area (Å²) >= 11 is 1.42. The predicted octanol–water partition coefficient (Wildman–Crippen LogP) is 5.32. The number of thiazole rings is 1. The molecule has 0 fully saturated rings. The Labute approximate surface area is 166 Å². The molecular formula is C20H22FN5OS. The normalized spacial score (nSPS) is 10.5. The molecule has 146 valence electrons. The van der Waals surface area contributed by atoms with Crippen LogP contribution in [0.3, 0.4) is 0 Å².